The molecular weight excluding hydrogens is 204 g/mol. The Kier molecular flexibility index (Phi) is 1.96. The molecule has 0 aliphatic carbocycles. The summed E-state index contributed by atoms with van der Waals surface area (Å²) in [5.74, 6) is 0. The average molecular weight is 212 g/mol. The quantitative estimate of drug-likeness (QED) is 0.631. The van der Waals surface area contributed by atoms with Crippen molar-refractivity contribution < 1.29 is 0 Å². The van der Waals surface area contributed by atoms with Gasteiger partial charge in [0.05, 0.1) is 11.4 Å². The Hall–Kier alpha value is -2.50. The molecule has 0 unspecified atom stereocenters. The normalized spacial score (nSPS) is 10.5. The molecule has 78 valence electrons. The standard InChI is InChI=1S/C10H8N6/c1-2-9(15-7-11-5-13-15)4-10(3-1)16-8-12-6-14-16/h1-8H. The SMILES string of the molecule is c1cc(-n2cncn2)cc(-n2cncn2)c1. The summed E-state index contributed by atoms with van der Waals surface area (Å²) in [4.78, 5) is 7.82. The molecule has 6 nitrogen and oxygen atoms in total. The van der Waals surface area contributed by atoms with Crippen molar-refractivity contribution in [2.24, 2.45) is 0 Å². The van der Waals surface area contributed by atoms with Crippen molar-refractivity contribution in [1.82, 2.24) is 29.5 Å². The van der Waals surface area contributed by atoms with Gasteiger partial charge in [-0.15, -0.1) is 0 Å². The summed E-state index contributed by atoms with van der Waals surface area (Å²) in [7, 11) is 0. The molecule has 0 saturated heterocycles. The summed E-state index contributed by atoms with van der Waals surface area (Å²) in [5.41, 5.74) is 1.87. The molecule has 3 aromatic rings. The minimum Gasteiger partial charge on any atom is -0.223 e. The highest BCUT2D eigenvalue weighted by Gasteiger charge is 2.00. The smallest absolute Gasteiger partial charge is 0.138 e. The van der Waals surface area contributed by atoms with Gasteiger partial charge in [-0.25, -0.2) is 19.3 Å². The summed E-state index contributed by atoms with van der Waals surface area (Å²) < 4.78 is 3.39. The van der Waals surface area contributed by atoms with E-state index in [0.717, 1.165) is 11.4 Å². The highest BCUT2D eigenvalue weighted by molar-refractivity contribution is 5.42. The first-order valence-corrected chi connectivity index (χ1v) is 4.73. The number of rotatable bonds is 2. The molecule has 2 aromatic heterocycles. The van der Waals surface area contributed by atoms with Crippen LogP contribution in [-0.2, 0) is 0 Å². The average Bonchev–Trinajstić information content (AvgIpc) is 3.03. The number of nitrogens with zero attached hydrogens (tertiary/aromatic N) is 6. The van der Waals surface area contributed by atoms with Gasteiger partial charge in [-0.2, -0.15) is 10.2 Å². The Morgan fingerprint density at radius 3 is 1.81 bits per heavy atom. The highest BCUT2D eigenvalue weighted by Crippen LogP contribution is 2.11. The predicted molar refractivity (Wildman–Crippen MR) is 56.3 cm³/mol. The van der Waals surface area contributed by atoms with Crippen LogP contribution in [0.1, 0.15) is 0 Å². The van der Waals surface area contributed by atoms with E-state index in [-0.39, 0.29) is 0 Å². The molecule has 0 spiro atoms. The molecule has 0 aliphatic rings. The van der Waals surface area contributed by atoms with Crippen LogP contribution in [0.3, 0.4) is 0 Å². The van der Waals surface area contributed by atoms with Gasteiger partial charge in [-0.3, -0.25) is 0 Å². The summed E-state index contributed by atoms with van der Waals surface area (Å²) in [6.07, 6.45) is 6.31. The topological polar surface area (TPSA) is 61.4 Å². The van der Waals surface area contributed by atoms with Crippen molar-refractivity contribution in [3.8, 4) is 11.4 Å². The van der Waals surface area contributed by atoms with E-state index in [4.69, 9.17) is 0 Å². The molecule has 16 heavy (non-hydrogen) atoms. The van der Waals surface area contributed by atoms with Crippen LogP contribution in [0.5, 0.6) is 0 Å². The van der Waals surface area contributed by atoms with Gasteiger partial charge < -0.3 is 0 Å². The first-order valence-electron chi connectivity index (χ1n) is 4.73. The molecule has 3 rings (SSSR count). The van der Waals surface area contributed by atoms with E-state index in [1.54, 1.807) is 22.0 Å². The van der Waals surface area contributed by atoms with Crippen LogP contribution in [-0.4, -0.2) is 29.5 Å². The number of hydrogen-bond acceptors (Lipinski definition) is 4. The van der Waals surface area contributed by atoms with E-state index in [0.29, 0.717) is 0 Å². The van der Waals surface area contributed by atoms with Gasteiger partial charge in [-0.05, 0) is 18.2 Å². The predicted octanol–water partition coefficient (Wildman–Crippen LogP) is 0.848. The van der Waals surface area contributed by atoms with E-state index >= 15 is 0 Å². The highest BCUT2D eigenvalue weighted by atomic mass is 15.3. The van der Waals surface area contributed by atoms with Crippen molar-refractivity contribution in [3.05, 3.63) is 49.6 Å². The zero-order valence-corrected chi connectivity index (χ0v) is 8.30. The molecule has 2 heterocycles. The maximum atomic E-state index is 4.07. The fourth-order valence-corrected chi connectivity index (χ4v) is 1.46. The number of aromatic nitrogens is 6. The van der Waals surface area contributed by atoms with Crippen LogP contribution in [0.15, 0.2) is 49.6 Å². The lowest BCUT2D eigenvalue weighted by Gasteiger charge is -2.03. The lowest BCUT2D eigenvalue weighted by atomic mass is 10.3. The fourth-order valence-electron chi connectivity index (χ4n) is 1.46. The molecule has 0 aliphatic heterocycles. The lowest BCUT2D eigenvalue weighted by molar-refractivity contribution is 0.854. The number of benzene rings is 1. The minimum atomic E-state index is 0.936. The van der Waals surface area contributed by atoms with Crippen LogP contribution >= 0.6 is 0 Å². The maximum absolute atomic E-state index is 4.07. The third kappa shape index (κ3) is 1.46. The Labute approximate surface area is 91.2 Å². The molecule has 0 saturated carbocycles. The third-order valence-electron chi connectivity index (χ3n) is 2.20. The molecule has 1 aromatic carbocycles. The molecule has 0 atom stereocenters. The monoisotopic (exact) mass is 212 g/mol. The van der Waals surface area contributed by atoms with Gasteiger partial charge in [0.1, 0.15) is 25.3 Å². The molecule has 0 bridgehead atoms. The molecule has 0 N–H and O–H groups in total. The van der Waals surface area contributed by atoms with E-state index in [1.165, 1.54) is 12.7 Å². The molecule has 6 heteroatoms. The largest absolute Gasteiger partial charge is 0.223 e. The van der Waals surface area contributed by atoms with Crippen molar-refractivity contribution in [2.75, 3.05) is 0 Å². The Morgan fingerprint density at radius 1 is 0.812 bits per heavy atom. The van der Waals surface area contributed by atoms with Crippen LogP contribution in [0.2, 0.25) is 0 Å². The van der Waals surface area contributed by atoms with Gasteiger partial charge in [0.2, 0.25) is 0 Å². The Bertz CT molecular complexity index is 520. The van der Waals surface area contributed by atoms with E-state index < -0.39 is 0 Å². The van der Waals surface area contributed by atoms with Crippen molar-refractivity contribution >= 4 is 0 Å². The zero-order chi connectivity index (χ0) is 10.8. The Morgan fingerprint density at radius 2 is 1.38 bits per heavy atom. The van der Waals surface area contributed by atoms with Crippen LogP contribution in [0.25, 0.3) is 11.4 Å². The van der Waals surface area contributed by atoms with E-state index in [1.807, 2.05) is 24.3 Å². The zero-order valence-electron chi connectivity index (χ0n) is 8.30. The summed E-state index contributed by atoms with van der Waals surface area (Å²) in [6.45, 7) is 0. The first kappa shape index (κ1) is 8.78. The van der Waals surface area contributed by atoms with Gasteiger partial charge in [-0.1, -0.05) is 6.07 Å². The van der Waals surface area contributed by atoms with Crippen LogP contribution in [0.4, 0.5) is 0 Å². The summed E-state index contributed by atoms with van der Waals surface area (Å²) in [5, 5.41) is 8.14. The van der Waals surface area contributed by atoms with Crippen LogP contribution in [0, 0.1) is 0 Å². The van der Waals surface area contributed by atoms with Crippen molar-refractivity contribution in [3.63, 3.8) is 0 Å². The molecule has 0 fully saturated rings. The lowest BCUT2D eigenvalue weighted by Crippen LogP contribution is -1.98. The molecule has 0 amide bonds. The van der Waals surface area contributed by atoms with Gasteiger partial charge in [0.25, 0.3) is 0 Å². The van der Waals surface area contributed by atoms with Crippen molar-refractivity contribution in [1.29, 1.82) is 0 Å². The van der Waals surface area contributed by atoms with Crippen LogP contribution < -0.4 is 0 Å². The second-order valence-electron chi connectivity index (χ2n) is 3.20. The van der Waals surface area contributed by atoms with Gasteiger partial charge >= 0.3 is 0 Å². The first-order chi connectivity index (χ1) is 7.93. The minimum absolute atomic E-state index is 0.936. The fraction of sp³-hybridized carbons (Fsp3) is 0. The summed E-state index contributed by atoms with van der Waals surface area (Å²) >= 11 is 0. The Balaban J connectivity index is 2.07. The summed E-state index contributed by atoms with van der Waals surface area (Å²) in [6, 6.07) is 7.81. The van der Waals surface area contributed by atoms with E-state index in [9.17, 15) is 0 Å². The maximum Gasteiger partial charge on any atom is 0.138 e. The number of hydrogen-bond donors (Lipinski definition) is 0. The molecular formula is C10H8N6. The van der Waals surface area contributed by atoms with Crippen molar-refractivity contribution in [2.45, 2.75) is 0 Å². The van der Waals surface area contributed by atoms with Gasteiger partial charge in [0.15, 0.2) is 0 Å². The second-order valence-corrected chi connectivity index (χ2v) is 3.20. The van der Waals surface area contributed by atoms with E-state index in [2.05, 4.69) is 20.2 Å². The molecule has 0 radical (unpaired) electrons. The third-order valence-corrected chi connectivity index (χ3v) is 2.20. The second kappa shape index (κ2) is 3.58. The van der Waals surface area contributed by atoms with Gasteiger partial charge in [0, 0.05) is 0 Å².